The van der Waals surface area contributed by atoms with Crippen molar-refractivity contribution in [2.24, 2.45) is 5.92 Å². The van der Waals surface area contributed by atoms with E-state index < -0.39 is 12.1 Å². The van der Waals surface area contributed by atoms with E-state index >= 15 is 0 Å². The minimum atomic E-state index is -5.08. The predicted molar refractivity (Wildman–Crippen MR) is 44.5 cm³/mol. The molecule has 0 amide bonds. The molecule has 16 heavy (non-hydrogen) atoms. The van der Waals surface area contributed by atoms with Gasteiger partial charge in [0.2, 0.25) is 0 Å². The highest BCUT2D eigenvalue weighted by atomic mass is 19.4. The third-order valence-corrected chi connectivity index (χ3v) is 2.24. The maximum Gasteiger partial charge on any atom is 0.490 e. The summed E-state index contributed by atoms with van der Waals surface area (Å²) in [5.41, 5.74) is 0. The van der Waals surface area contributed by atoms with Gasteiger partial charge < -0.3 is 15.2 Å². The molecule has 0 aromatic carbocycles. The lowest BCUT2D eigenvalue weighted by Gasteiger charge is -2.38. The van der Waals surface area contributed by atoms with E-state index in [-0.39, 0.29) is 18.0 Å². The molecule has 2 fully saturated rings. The second kappa shape index (κ2) is 4.69. The van der Waals surface area contributed by atoms with Crippen LogP contribution in [0.5, 0.6) is 0 Å². The fourth-order valence-electron chi connectivity index (χ4n) is 1.39. The molecule has 2 aliphatic heterocycles. The topological polar surface area (TPSA) is 75.6 Å². The van der Waals surface area contributed by atoms with Crippen molar-refractivity contribution >= 4 is 11.9 Å². The van der Waals surface area contributed by atoms with Gasteiger partial charge in [-0.1, -0.05) is 0 Å². The van der Waals surface area contributed by atoms with E-state index in [1.165, 1.54) is 0 Å². The Bertz CT molecular complexity index is 291. The zero-order chi connectivity index (χ0) is 12.3. The lowest BCUT2D eigenvalue weighted by Crippen LogP contribution is -2.55. The number of fused-ring (bicyclic) bond motifs is 1. The monoisotopic (exact) mass is 241 g/mol. The van der Waals surface area contributed by atoms with Crippen LogP contribution in [0.2, 0.25) is 0 Å². The smallest absolute Gasteiger partial charge is 0.475 e. The number of carboxylic acid groups (broad SMARTS) is 1. The summed E-state index contributed by atoms with van der Waals surface area (Å²) >= 11 is 0. The van der Waals surface area contributed by atoms with Crippen molar-refractivity contribution in [1.82, 2.24) is 5.32 Å². The number of hydrogen-bond donors (Lipinski definition) is 2. The highest BCUT2D eigenvalue weighted by molar-refractivity contribution is 5.78. The van der Waals surface area contributed by atoms with Gasteiger partial charge in [-0.2, -0.15) is 13.2 Å². The van der Waals surface area contributed by atoms with Gasteiger partial charge in [-0.05, 0) is 13.0 Å². The third kappa shape index (κ3) is 3.09. The van der Waals surface area contributed by atoms with Crippen LogP contribution in [-0.2, 0) is 14.3 Å². The molecule has 0 saturated carbocycles. The second-order valence-corrected chi connectivity index (χ2v) is 3.38. The molecule has 0 radical (unpaired) electrons. The van der Waals surface area contributed by atoms with Crippen molar-refractivity contribution in [1.29, 1.82) is 0 Å². The van der Waals surface area contributed by atoms with E-state index in [2.05, 4.69) is 5.32 Å². The number of carbonyl (C=O) groups excluding carboxylic acids is 1. The number of carbonyl (C=O) groups is 2. The fourth-order valence-corrected chi connectivity index (χ4v) is 1.39. The summed E-state index contributed by atoms with van der Waals surface area (Å²) in [7, 11) is 0. The van der Waals surface area contributed by atoms with Crippen molar-refractivity contribution in [2.75, 3.05) is 13.1 Å². The molecule has 2 saturated heterocycles. The summed E-state index contributed by atoms with van der Waals surface area (Å²) < 4.78 is 36.6. The Kier molecular flexibility index (Phi) is 3.74. The number of piperidine rings is 1. The number of rotatable bonds is 0. The van der Waals surface area contributed by atoms with Gasteiger partial charge in [0.1, 0.15) is 6.10 Å². The highest BCUT2D eigenvalue weighted by Crippen LogP contribution is 2.26. The largest absolute Gasteiger partial charge is 0.490 e. The van der Waals surface area contributed by atoms with Crippen LogP contribution in [0.3, 0.4) is 0 Å². The minimum Gasteiger partial charge on any atom is -0.475 e. The maximum absolute atomic E-state index is 10.6. The number of aliphatic carboxylic acids is 1. The molecule has 2 heterocycles. The van der Waals surface area contributed by atoms with Gasteiger partial charge >= 0.3 is 18.1 Å². The van der Waals surface area contributed by atoms with E-state index in [1.807, 2.05) is 0 Å². The molecule has 0 aromatic rings. The van der Waals surface area contributed by atoms with E-state index in [1.54, 1.807) is 0 Å². The van der Waals surface area contributed by atoms with Crippen LogP contribution in [0, 0.1) is 5.92 Å². The first-order chi connectivity index (χ1) is 7.32. The quantitative estimate of drug-likeness (QED) is 0.590. The highest BCUT2D eigenvalue weighted by Gasteiger charge is 2.43. The van der Waals surface area contributed by atoms with E-state index in [9.17, 15) is 18.0 Å². The van der Waals surface area contributed by atoms with Gasteiger partial charge in [0.25, 0.3) is 0 Å². The Hall–Kier alpha value is -1.31. The Morgan fingerprint density at radius 3 is 2.38 bits per heavy atom. The molecule has 0 unspecified atom stereocenters. The van der Waals surface area contributed by atoms with Crippen LogP contribution in [-0.4, -0.2) is 42.4 Å². The number of carboxylic acids is 1. The van der Waals surface area contributed by atoms with Crippen molar-refractivity contribution in [2.45, 2.75) is 18.7 Å². The van der Waals surface area contributed by atoms with Gasteiger partial charge in [-0.3, -0.25) is 4.79 Å². The Balaban J connectivity index is 0.000000168. The molecule has 8 heteroatoms. The van der Waals surface area contributed by atoms with E-state index in [4.69, 9.17) is 14.6 Å². The van der Waals surface area contributed by atoms with Crippen molar-refractivity contribution in [3.05, 3.63) is 0 Å². The van der Waals surface area contributed by atoms with Crippen molar-refractivity contribution < 1.29 is 32.6 Å². The maximum atomic E-state index is 10.6. The Morgan fingerprint density at radius 2 is 2.06 bits per heavy atom. The van der Waals surface area contributed by atoms with Crippen LogP contribution < -0.4 is 5.32 Å². The average molecular weight is 241 g/mol. The summed E-state index contributed by atoms with van der Waals surface area (Å²) in [5.74, 6) is -2.53. The molecule has 0 spiro atoms. The molecule has 0 bridgehead atoms. The lowest BCUT2D eigenvalue weighted by atomic mass is 9.90. The van der Waals surface area contributed by atoms with Gasteiger partial charge in [0.05, 0.1) is 5.92 Å². The number of esters is 1. The summed E-state index contributed by atoms with van der Waals surface area (Å²) in [6, 6.07) is 0. The zero-order valence-electron chi connectivity index (χ0n) is 8.08. The first-order valence-corrected chi connectivity index (χ1v) is 4.53. The van der Waals surface area contributed by atoms with Crippen molar-refractivity contribution in [3.8, 4) is 0 Å². The van der Waals surface area contributed by atoms with Crippen LogP contribution in [0.25, 0.3) is 0 Å². The van der Waals surface area contributed by atoms with E-state index in [0.717, 1.165) is 19.5 Å². The molecule has 5 nitrogen and oxygen atoms in total. The minimum absolute atomic E-state index is 0.00139. The normalized spacial score (nSPS) is 27.8. The van der Waals surface area contributed by atoms with Crippen LogP contribution in [0.15, 0.2) is 0 Å². The van der Waals surface area contributed by atoms with Crippen LogP contribution in [0.4, 0.5) is 13.2 Å². The Labute approximate surface area is 88.6 Å². The van der Waals surface area contributed by atoms with Crippen LogP contribution >= 0.6 is 0 Å². The molecule has 0 aromatic heterocycles. The van der Waals surface area contributed by atoms with Gasteiger partial charge in [0, 0.05) is 6.54 Å². The summed E-state index contributed by atoms with van der Waals surface area (Å²) in [6.45, 7) is 1.83. The van der Waals surface area contributed by atoms with Gasteiger partial charge in [-0.25, -0.2) is 4.79 Å². The SMILES string of the molecule is O=C(O)C(F)(F)F.O=C1O[C@H]2CNCC[C@@H]12. The zero-order valence-corrected chi connectivity index (χ0v) is 8.08. The molecule has 0 aliphatic carbocycles. The molecular formula is C8H10F3NO4. The molecule has 2 aliphatic rings. The first-order valence-electron chi connectivity index (χ1n) is 4.53. The first kappa shape index (κ1) is 12.8. The predicted octanol–water partition coefficient (Wildman–Crippen LogP) is 0.155. The number of nitrogens with one attached hydrogen (secondary N) is 1. The van der Waals surface area contributed by atoms with Gasteiger partial charge in [-0.15, -0.1) is 0 Å². The fraction of sp³-hybridized carbons (Fsp3) is 0.750. The van der Waals surface area contributed by atoms with E-state index in [0.29, 0.717) is 0 Å². The second-order valence-electron chi connectivity index (χ2n) is 3.38. The lowest BCUT2D eigenvalue weighted by molar-refractivity contribution is -0.192. The number of hydrogen-bond acceptors (Lipinski definition) is 4. The van der Waals surface area contributed by atoms with Crippen LogP contribution in [0.1, 0.15) is 6.42 Å². The summed E-state index contributed by atoms with van der Waals surface area (Å²) in [4.78, 5) is 19.5. The molecule has 2 rings (SSSR count). The molecule has 2 N–H and O–H groups in total. The molecule has 92 valence electrons. The molecular weight excluding hydrogens is 231 g/mol. The average Bonchev–Trinajstić information content (AvgIpc) is 2.16. The van der Waals surface area contributed by atoms with Crippen molar-refractivity contribution in [3.63, 3.8) is 0 Å². The Morgan fingerprint density at radius 1 is 1.50 bits per heavy atom. The number of alkyl halides is 3. The summed E-state index contributed by atoms with van der Waals surface area (Å²) in [5, 5.41) is 10.3. The van der Waals surface area contributed by atoms with Gasteiger partial charge in [0.15, 0.2) is 0 Å². The third-order valence-electron chi connectivity index (χ3n) is 2.24. The number of halogens is 3. The standard InChI is InChI=1S/C6H9NO2.C2HF3O2/c8-6-4-1-2-7-3-5(4)9-6;3-2(4,5)1(6)7/h4-5,7H,1-3H2;(H,6,7)/t4-,5+;/m1./s1. The summed E-state index contributed by atoms with van der Waals surface area (Å²) in [6.07, 6.45) is -3.92. The number of ether oxygens (including phenoxy) is 1. The molecule has 2 atom stereocenters.